The maximum atomic E-state index is 7.23. The zero-order valence-corrected chi connectivity index (χ0v) is 54.1. The lowest BCUT2D eigenvalue weighted by atomic mass is 10.1. The molecule has 0 saturated carbocycles. The van der Waals surface area contributed by atoms with Gasteiger partial charge in [0, 0.05) is 0 Å². The van der Waals surface area contributed by atoms with Gasteiger partial charge in [0.05, 0.1) is 0 Å². The van der Waals surface area contributed by atoms with Crippen molar-refractivity contribution in [2.45, 2.75) is 358 Å². The average Bonchev–Trinajstić information content (AvgIpc) is 3.41. The van der Waals surface area contributed by atoms with Crippen molar-refractivity contribution in [2.24, 2.45) is 0 Å². The molecule has 0 spiro atoms. The minimum Gasteiger partial charge on any atom is -0.328 e. The van der Waals surface area contributed by atoms with E-state index in [1.54, 1.807) is 0 Å². The fourth-order valence-corrected chi connectivity index (χ4v) is 7.72. The monoisotopic (exact) mass is 1100 g/mol. The van der Waals surface area contributed by atoms with E-state index in [1.807, 2.05) is 72.8 Å². The summed E-state index contributed by atoms with van der Waals surface area (Å²) >= 11 is 0. The van der Waals surface area contributed by atoms with Crippen molar-refractivity contribution in [3.8, 4) is 0 Å². The van der Waals surface area contributed by atoms with E-state index in [-0.39, 0.29) is 0 Å². The smallest absolute Gasteiger partial charge is 0.324 e. The van der Waals surface area contributed by atoms with Crippen LogP contribution < -0.4 is 0 Å². The molecule has 2 rings (SSSR count). The van der Waals surface area contributed by atoms with E-state index >= 15 is 0 Å². The summed E-state index contributed by atoms with van der Waals surface area (Å²) < 4.78 is 0. The highest BCUT2D eigenvalue weighted by Crippen LogP contribution is 2.15. The Kier molecular flexibility index (Phi) is 115. The number of rotatable bonds is 40. The van der Waals surface area contributed by atoms with Crippen LogP contribution in [-0.2, 0) is 0 Å². The average molecular weight is 1100 g/mol. The summed E-state index contributed by atoms with van der Waals surface area (Å²) in [6.07, 6.45) is 65.0. The van der Waals surface area contributed by atoms with Crippen LogP contribution >= 0.6 is 17.2 Å². The molecule has 2 aromatic carbocycles. The predicted octanol–water partition coefficient (Wildman–Crippen LogP) is 24.4. The van der Waals surface area contributed by atoms with E-state index in [4.69, 9.17) is 29.4 Å². The molecular formula is C67H138O6P2. The van der Waals surface area contributed by atoms with Crippen molar-refractivity contribution in [1.82, 2.24) is 0 Å². The highest BCUT2D eigenvalue weighted by atomic mass is 31.2. The fourth-order valence-electron chi connectivity index (χ4n) is 7.72. The van der Waals surface area contributed by atoms with Gasteiger partial charge in [-0.1, -0.05) is 431 Å². The first-order valence-corrected chi connectivity index (χ1v) is 34.7. The summed E-state index contributed by atoms with van der Waals surface area (Å²) in [4.78, 5) is 43.4. The van der Waals surface area contributed by atoms with Gasteiger partial charge >= 0.3 is 17.2 Å². The largest absolute Gasteiger partial charge is 0.328 e. The van der Waals surface area contributed by atoms with Crippen LogP contribution in [0.15, 0.2) is 72.8 Å². The lowest BCUT2D eigenvalue weighted by molar-refractivity contribution is 0.366. The predicted molar refractivity (Wildman–Crippen MR) is 345 cm³/mol. The molecule has 0 saturated heterocycles. The molecule has 0 fully saturated rings. The van der Waals surface area contributed by atoms with Gasteiger partial charge in [0.2, 0.25) is 0 Å². The molecule has 452 valence electrons. The first kappa shape index (κ1) is 87.9. The summed E-state index contributed by atoms with van der Waals surface area (Å²) in [5, 5.41) is 0. The maximum absolute atomic E-state index is 7.23. The minimum absolute atomic E-state index is 1.25. The molecule has 6 N–H and O–H groups in total. The first-order chi connectivity index (χ1) is 36.5. The van der Waals surface area contributed by atoms with Crippen LogP contribution in [0.3, 0.4) is 0 Å². The van der Waals surface area contributed by atoms with Gasteiger partial charge in [-0.2, -0.15) is 0 Å². The first-order valence-electron chi connectivity index (χ1n) is 32.3. The van der Waals surface area contributed by atoms with Crippen LogP contribution in [0.5, 0.6) is 0 Å². The molecule has 0 aromatic heterocycles. The molecule has 6 nitrogen and oxygen atoms in total. The molecule has 0 heterocycles. The Labute approximate surface area is 475 Å². The van der Waals surface area contributed by atoms with Crippen molar-refractivity contribution in [3.05, 3.63) is 72.8 Å². The molecular weight excluding hydrogens is 963 g/mol. The number of hydrogen-bond donors (Lipinski definition) is 6. The molecule has 0 unspecified atom stereocenters. The molecule has 8 heteroatoms. The number of benzene rings is 2. The number of unbranched alkanes of at least 4 members (excludes halogenated alkanes) is 40. The van der Waals surface area contributed by atoms with Gasteiger partial charge in [0.15, 0.2) is 0 Å². The van der Waals surface area contributed by atoms with Crippen LogP contribution in [0, 0.1) is 0 Å². The summed E-state index contributed by atoms with van der Waals surface area (Å²) in [5.41, 5.74) is 0. The second-order valence-corrected chi connectivity index (χ2v) is 21.4. The van der Waals surface area contributed by atoms with Gasteiger partial charge in [-0.05, 0) is 0 Å². The Morgan fingerprint density at radius 1 is 0.160 bits per heavy atom. The maximum Gasteiger partial charge on any atom is 0.324 e. The second kappa shape index (κ2) is 98.5. The van der Waals surface area contributed by atoms with Gasteiger partial charge in [-0.15, -0.1) is 0 Å². The third-order valence-corrected chi connectivity index (χ3v) is 12.2. The van der Waals surface area contributed by atoms with Crippen LogP contribution in [0.25, 0.3) is 0 Å². The Balaban J connectivity index is -0.000000144. The molecule has 2 aromatic rings. The Hall–Kier alpha value is -0.940. The van der Waals surface area contributed by atoms with Crippen LogP contribution in [0.4, 0.5) is 0 Å². The SMILES string of the molecule is CCC.CCCCCCCCCCCCC.CCCCCCCCCCCCC.CCCCCCCCCCCCC.CCCCCCCCCCCCC.OP(O)O.OP(O)O.c1ccccc1.c1ccccc1. The Bertz CT molecular complexity index is 812. The molecule has 0 bridgehead atoms. The molecule has 75 heavy (non-hydrogen) atoms. The number of hydrogen-bond acceptors (Lipinski definition) is 6. The third kappa shape index (κ3) is 142. The van der Waals surface area contributed by atoms with Crippen LogP contribution in [-0.4, -0.2) is 29.4 Å². The zero-order valence-electron chi connectivity index (χ0n) is 52.3. The van der Waals surface area contributed by atoms with E-state index in [0.717, 1.165) is 0 Å². The zero-order chi connectivity index (χ0) is 57.5. The van der Waals surface area contributed by atoms with Crippen molar-refractivity contribution in [2.75, 3.05) is 0 Å². The quantitative estimate of drug-likeness (QED) is 0.0292. The highest BCUT2D eigenvalue weighted by molar-refractivity contribution is 7.38. The van der Waals surface area contributed by atoms with E-state index < -0.39 is 17.2 Å². The summed E-state index contributed by atoms with van der Waals surface area (Å²) in [5.74, 6) is 0. The lowest BCUT2D eigenvalue weighted by Crippen LogP contribution is -1.80. The van der Waals surface area contributed by atoms with Crippen molar-refractivity contribution in [1.29, 1.82) is 0 Å². The van der Waals surface area contributed by atoms with E-state index in [0.29, 0.717) is 0 Å². The summed E-state index contributed by atoms with van der Waals surface area (Å²) in [7, 11) is -5.24. The minimum atomic E-state index is -2.62. The second-order valence-electron chi connectivity index (χ2n) is 20.3. The van der Waals surface area contributed by atoms with Gasteiger partial charge in [0.1, 0.15) is 0 Å². The van der Waals surface area contributed by atoms with Crippen LogP contribution in [0.2, 0.25) is 0 Å². The molecule has 0 aliphatic carbocycles. The standard InChI is InChI=1S/4C13H28.2C6H6.C3H8.2H3O3P/c4*1-3-5-7-9-11-13-12-10-8-6-4-2;2*1-2-4-6-5-3-1;1-3-2;2*1-4(2)3/h4*3-13H2,1-2H3;2*1-6H;3H2,1-2H3;2*1-3H. The lowest BCUT2D eigenvalue weighted by Gasteiger charge is -2.00. The molecule has 0 aliphatic heterocycles. The summed E-state index contributed by atoms with van der Waals surface area (Å²) in [6.45, 7) is 22.5. The normalized spacial score (nSPS) is 9.84. The van der Waals surface area contributed by atoms with Gasteiger partial charge < -0.3 is 29.4 Å². The highest BCUT2D eigenvalue weighted by Gasteiger charge is 1.94. The molecule has 0 atom stereocenters. The molecule has 0 amide bonds. The summed E-state index contributed by atoms with van der Waals surface area (Å²) in [6, 6.07) is 24.0. The fraction of sp³-hybridized carbons (Fsp3) is 0.821. The van der Waals surface area contributed by atoms with Crippen LogP contribution in [0.1, 0.15) is 358 Å². The van der Waals surface area contributed by atoms with E-state index in [1.165, 1.54) is 289 Å². The molecule has 0 radical (unpaired) electrons. The van der Waals surface area contributed by atoms with Gasteiger partial charge in [-0.3, -0.25) is 0 Å². The van der Waals surface area contributed by atoms with E-state index in [9.17, 15) is 0 Å². The van der Waals surface area contributed by atoms with E-state index in [2.05, 4.69) is 69.2 Å². The Morgan fingerprint density at radius 2 is 0.213 bits per heavy atom. The third-order valence-electron chi connectivity index (χ3n) is 12.2. The molecule has 0 aliphatic rings. The topological polar surface area (TPSA) is 121 Å². The van der Waals surface area contributed by atoms with Crippen molar-refractivity contribution in [3.63, 3.8) is 0 Å². The van der Waals surface area contributed by atoms with Gasteiger partial charge in [-0.25, -0.2) is 0 Å². The Morgan fingerprint density at radius 3 is 0.267 bits per heavy atom. The van der Waals surface area contributed by atoms with Crippen molar-refractivity contribution >= 4 is 17.2 Å². The van der Waals surface area contributed by atoms with Crippen molar-refractivity contribution < 1.29 is 29.4 Å². The van der Waals surface area contributed by atoms with Gasteiger partial charge in [0.25, 0.3) is 0 Å².